The fourth-order valence-corrected chi connectivity index (χ4v) is 2.06. The maximum atomic E-state index is 11.0. The summed E-state index contributed by atoms with van der Waals surface area (Å²) in [5, 5.41) is 9.84. The van der Waals surface area contributed by atoms with E-state index in [1.807, 2.05) is 26.0 Å². The van der Waals surface area contributed by atoms with Gasteiger partial charge in [0.1, 0.15) is 0 Å². The van der Waals surface area contributed by atoms with Crippen LogP contribution in [-0.4, -0.2) is 26.2 Å². The number of nitrogens with zero attached hydrogens (tertiary/aromatic N) is 3. The lowest BCUT2D eigenvalue weighted by molar-refractivity contribution is 0.108. The van der Waals surface area contributed by atoms with Gasteiger partial charge in [-0.25, -0.2) is 20.6 Å². The minimum atomic E-state index is -1.17. The van der Waals surface area contributed by atoms with Crippen molar-refractivity contribution in [1.29, 1.82) is 0 Å². The summed E-state index contributed by atoms with van der Waals surface area (Å²) in [6, 6.07) is 6.74. The fraction of sp³-hybridized carbons (Fsp3) is 0.308. The quantitative estimate of drug-likeness (QED) is 0.501. The van der Waals surface area contributed by atoms with E-state index < -0.39 is 12.1 Å². The van der Waals surface area contributed by atoms with Gasteiger partial charge in [-0.05, 0) is 30.2 Å². The zero-order valence-electron chi connectivity index (χ0n) is 10.8. The lowest BCUT2D eigenvalue weighted by atomic mass is 9.99. The van der Waals surface area contributed by atoms with Gasteiger partial charge in [-0.1, -0.05) is 13.8 Å². The standard InChI is InChI=1S/C13H16N4O2/c1-8(2)12(17(14)13(18)19)11-6-5-9-10(16-11)4-3-7-15-9/h3-8,12H,14H2,1-2H3,(H,18,19). The van der Waals surface area contributed by atoms with E-state index in [1.54, 1.807) is 18.3 Å². The first-order valence-electron chi connectivity index (χ1n) is 5.99. The molecule has 0 saturated heterocycles. The highest BCUT2D eigenvalue weighted by Gasteiger charge is 2.26. The van der Waals surface area contributed by atoms with Gasteiger partial charge >= 0.3 is 6.09 Å². The van der Waals surface area contributed by atoms with Crippen molar-refractivity contribution in [3.63, 3.8) is 0 Å². The molecule has 0 aliphatic heterocycles. The summed E-state index contributed by atoms with van der Waals surface area (Å²) in [5.74, 6) is 5.63. The normalized spacial score (nSPS) is 12.6. The van der Waals surface area contributed by atoms with Gasteiger partial charge < -0.3 is 5.11 Å². The average molecular weight is 260 g/mol. The van der Waals surface area contributed by atoms with Crippen LogP contribution in [0.5, 0.6) is 0 Å². The third-order valence-electron chi connectivity index (χ3n) is 2.93. The van der Waals surface area contributed by atoms with E-state index in [-0.39, 0.29) is 5.92 Å². The number of carbonyl (C=O) groups is 1. The maximum Gasteiger partial charge on any atom is 0.422 e. The monoisotopic (exact) mass is 260 g/mol. The molecule has 1 atom stereocenters. The minimum Gasteiger partial charge on any atom is -0.464 e. The SMILES string of the molecule is CC(C)C(c1ccc2ncccc2n1)N(N)C(=O)O. The van der Waals surface area contributed by atoms with Gasteiger partial charge in [-0.2, -0.15) is 0 Å². The Morgan fingerprint density at radius 2 is 2.05 bits per heavy atom. The number of pyridine rings is 2. The van der Waals surface area contributed by atoms with Crippen LogP contribution >= 0.6 is 0 Å². The molecule has 2 aromatic rings. The molecule has 0 radical (unpaired) electrons. The summed E-state index contributed by atoms with van der Waals surface area (Å²) in [6.07, 6.45) is 0.516. The Balaban J connectivity index is 2.47. The molecule has 0 spiro atoms. The van der Waals surface area contributed by atoms with Crippen molar-refractivity contribution in [3.8, 4) is 0 Å². The Hall–Kier alpha value is -2.21. The molecule has 2 rings (SSSR count). The zero-order chi connectivity index (χ0) is 14.0. The van der Waals surface area contributed by atoms with Crippen molar-refractivity contribution in [2.45, 2.75) is 19.9 Å². The second-order valence-corrected chi connectivity index (χ2v) is 4.66. The third-order valence-corrected chi connectivity index (χ3v) is 2.93. The maximum absolute atomic E-state index is 11.0. The third kappa shape index (κ3) is 2.63. The first kappa shape index (κ1) is 13.2. The highest BCUT2D eigenvalue weighted by Crippen LogP contribution is 2.26. The molecular weight excluding hydrogens is 244 g/mol. The first-order chi connectivity index (χ1) is 9.00. The van der Waals surface area contributed by atoms with Gasteiger partial charge in [0.15, 0.2) is 0 Å². The van der Waals surface area contributed by atoms with Gasteiger partial charge in [0.2, 0.25) is 0 Å². The largest absolute Gasteiger partial charge is 0.464 e. The van der Waals surface area contributed by atoms with Crippen molar-refractivity contribution < 1.29 is 9.90 Å². The van der Waals surface area contributed by atoms with Gasteiger partial charge in [-0.15, -0.1) is 0 Å². The molecule has 6 nitrogen and oxygen atoms in total. The molecule has 2 heterocycles. The van der Waals surface area contributed by atoms with E-state index in [1.165, 1.54) is 0 Å². The number of hydrogen-bond donors (Lipinski definition) is 2. The zero-order valence-corrected chi connectivity index (χ0v) is 10.8. The Morgan fingerprint density at radius 3 is 2.68 bits per heavy atom. The molecule has 19 heavy (non-hydrogen) atoms. The average Bonchev–Trinajstić information content (AvgIpc) is 2.38. The molecule has 2 aromatic heterocycles. The molecule has 0 saturated carbocycles. The highest BCUT2D eigenvalue weighted by atomic mass is 16.4. The van der Waals surface area contributed by atoms with E-state index in [0.717, 1.165) is 16.0 Å². The first-order valence-corrected chi connectivity index (χ1v) is 5.99. The Bertz CT molecular complexity index is 600. The molecule has 0 fully saturated rings. The Labute approximate surface area is 110 Å². The van der Waals surface area contributed by atoms with Crippen molar-refractivity contribution in [1.82, 2.24) is 15.0 Å². The summed E-state index contributed by atoms with van der Waals surface area (Å²) in [5.41, 5.74) is 2.12. The van der Waals surface area contributed by atoms with Crippen LogP contribution in [0.2, 0.25) is 0 Å². The number of fused-ring (bicyclic) bond motifs is 1. The summed E-state index contributed by atoms with van der Waals surface area (Å²) in [4.78, 5) is 19.7. The highest BCUT2D eigenvalue weighted by molar-refractivity contribution is 5.74. The second-order valence-electron chi connectivity index (χ2n) is 4.66. The van der Waals surface area contributed by atoms with Crippen LogP contribution in [-0.2, 0) is 0 Å². The van der Waals surface area contributed by atoms with Gasteiger partial charge in [0.05, 0.1) is 22.8 Å². The molecule has 1 unspecified atom stereocenters. The summed E-state index contributed by atoms with van der Waals surface area (Å²) in [7, 11) is 0. The minimum absolute atomic E-state index is 0.0164. The number of nitrogens with two attached hydrogens (primary N) is 1. The summed E-state index contributed by atoms with van der Waals surface area (Å²) < 4.78 is 0. The Kier molecular flexibility index (Phi) is 3.62. The van der Waals surface area contributed by atoms with E-state index in [2.05, 4.69) is 9.97 Å². The molecule has 6 heteroatoms. The van der Waals surface area contributed by atoms with Crippen LogP contribution in [0.15, 0.2) is 30.5 Å². The molecule has 0 aliphatic rings. The van der Waals surface area contributed by atoms with Crippen molar-refractivity contribution in [2.75, 3.05) is 0 Å². The number of aromatic nitrogens is 2. The Morgan fingerprint density at radius 1 is 1.32 bits per heavy atom. The fourth-order valence-electron chi connectivity index (χ4n) is 2.06. The number of rotatable bonds is 3. The second kappa shape index (κ2) is 5.19. The van der Waals surface area contributed by atoms with E-state index in [4.69, 9.17) is 10.9 Å². The van der Waals surface area contributed by atoms with Crippen LogP contribution in [0.3, 0.4) is 0 Å². The molecule has 3 N–H and O–H groups in total. The van der Waals surface area contributed by atoms with E-state index in [0.29, 0.717) is 5.69 Å². The predicted octanol–water partition coefficient (Wildman–Crippen LogP) is 2.18. The van der Waals surface area contributed by atoms with E-state index >= 15 is 0 Å². The van der Waals surface area contributed by atoms with Gasteiger partial charge in [0.25, 0.3) is 0 Å². The lowest BCUT2D eigenvalue weighted by Crippen LogP contribution is -2.42. The lowest BCUT2D eigenvalue weighted by Gasteiger charge is -2.27. The van der Waals surface area contributed by atoms with Crippen LogP contribution < -0.4 is 5.84 Å². The molecular formula is C13H16N4O2. The molecule has 0 aromatic carbocycles. The predicted molar refractivity (Wildman–Crippen MR) is 71.2 cm³/mol. The topological polar surface area (TPSA) is 92.3 Å². The smallest absolute Gasteiger partial charge is 0.422 e. The van der Waals surface area contributed by atoms with E-state index in [9.17, 15) is 4.79 Å². The van der Waals surface area contributed by atoms with Crippen LogP contribution in [0, 0.1) is 5.92 Å². The summed E-state index contributed by atoms with van der Waals surface area (Å²) in [6.45, 7) is 3.81. The van der Waals surface area contributed by atoms with Crippen molar-refractivity contribution in [2.24, 2.45) is 11.8 Å². The molecule has 0 aliphatic carbocycles. The number of carboxylic acid groups (broad SMARTS) is 1. The van der Waals surface area contributed by atoms with Crippen LogP contribution in [0.25, 0.3) is 11.0 Å². The van der Waals surface area contributed by atoms with Crippen molar-refractivity contribution in [3.05, 3.63) is 36.2 Å². The van der Waals surface area contributed by atoms with Gasteiger partial charge in [-0.3, -0.25) is 4.98 Å². The van der Waals surface area contributed by atoms with Crippen LogP contribution in [0.1, 0.15) is 25.6 Å². The number of hydrazine groups is 1. The molecule has 1 amide bonds. The molecule has 100 valence electrons. The van der Waals surface area contributed by atoms with Crippen molar-refractivity contribution >= 4 is 17.1 Å². The summed E-state index contributed by atoms with van der Waals surface area (Å²) >= 11 is 0. The van der Waals surface area contributed by atoms with Gasteiger partial charge in [0, 0.05) is 6.20 Å². The number of hydrogen-bond acceptors (Lipinski definition) is 4. The van der Waals surface area contributed by atoms with Crippen LogP contribution in [0.4, 0.5) is 4.79 Å². The number of amides is 1. The molecule has 0 bridgehead atoms.